The van der Waals surface area contributed by atoms with Crippen LogP contribution in [0.1, 0.15) is 19.3 Å². The molecule has 0 aromatic heterocycles. The molecule has 1 aliphatic rings. The lowest BCUT2D eigenvalue weighted by Crippen LogP contribution is -2.15. The lowest BCUT2D eigenvalue weighted by molar-refractivity contribution is -0.383. The van der Waals surface area contributed by atoms with E-state index in [-0.39, 0.29) is 11.8 Å². The summed E-state index contributed by atoms with van der Waals surface area (Å²) in [4.78, 5) is 10.5. The first-order chi connectivity index (χ1) is 10.2. The Morgan fingerprint density at radius 2 is 2.38 bits per heavy atom. The zero-order chi connectivity index (χ0) is 15.1. The number of nitro groups is 1. The summed E-state index contributed by atoms with van der Waals surface area (Å²) in [6.45, 7) is 2.67. The van der Waals surface area contributed by atoms with Gasteiger partial charge in [0.05, 0.1) is 17.6 Å². The second kappa shape index (κ2) is 8.17. The van der Waals surface area contributed by atoms with Gasteiger partial charge in [0.2, 0.25) is 0 Å². The van der Waals surface area contributed by atoms with Crippen molar-refractivity contribution < 1.29 is 14.4 Å². The molecule has 0 saturated carbocycles. The first-order valence-electron chi connectivity index (χ1n) is 7.04. The molecule has 1 unspecified atom stereocenters. The molecular weight excluding hydrogens is 296 g/mol. The van der Waals surface area contributed by atoms with Crippen molar-refractivity contribution in [3.05, 3.63) is 33.3 Å². The molecule has 1 aromatic rings. The molecule has 1 saturated heterocycles. The van der Waals surface area contributed by atoms with Crippen LogP contribution in [0.25, 0.3) is 0 Å². The highest BCUT2D eigenvalue weighted by Crippen LogP contribution is 2.27. The highest BCUT2D eigenvalue weighted by atomic mass is 35.5. The van der Waals surface area contributed by atoms with Crippen molar-refractivity contribution in [3.63, 3.8) is 0 Å². The minimum atomic E-state index is -0.442. The first-order valence-corrected chi connectivity index (χ1v) is 7.42. The zero-order valence-electron chi connectivity index (χ0n) is 11.7. The van der Waals surface area contributed by atoms with Crippen LogP contribution >= 0.6 is 11.6 Å². The number of nitrogens with one attached hydrogen (secondary N) is 1. The van der Waals surface area contributed by atoms with E-state index in [0.717, 1.165) is 25.9 Å². The maximum atomic E-state index is 10.9. The fourth-order valence-corrected chi connectivity index (χ4v) is 2.36. The fourth-order valence-electron chi connectivity index (χ4n) is 2.19. The second-order valence-corrected chi connectivity index (χ2v) is 5.35. The molecule has 7 heteroatoms. The molecule has 1 aliphatic heterocycles. The lowest BCUT2D eigenvalue weighted by atomic mass is 10.2. The minimum absolute atomic E-state index is 0.0113. The van der Waals surface area contributed by atoms with Crippen LogP contribution in [0, 0.1) is 10.1 Å². The van der Waals surface area contributed by atoms with E-state index in [1.54, 1.807) is 12.1 Å². The summed E-state index contributed by atoms with van der Waals surface area (Å²) in [6.07, 6.45) is 3.17. The van der Waals surface area contributed by atoms with Gasteiger partial charge in [-0.3, -0.25) is 10.1 Å². The van der Waals surface area contributed by atoms with E-state index < -0.39 is 4.92 Å². The van der Waals surface area contributed by atoms with Gasteiger partial charge in [-0.25, -0.2) is 0 Å². The summed E-state index contributed by atoms with van der Waals surface area (Å²) in [5.74, 6) is 0. The molecule has 1 atom stereocenters. The van der Waals surface area contributed by atoms with Crippen LogP contribution in [0.3, 0.4) is 0 Å². The Kier molecular flexibility index (Phi) is 6.22. The topological polar surface area (TPSA) is 73.6 Å². The second-order valence-electron chi connectivity index (χ2n) is 4.91. The smallest absolute Gasteiger partial charge is 0.293 e. The van der Waals surface area contributed by atoms with Gasteiger partial charge in [0.25, 0.3) is 5.69 Å². The molecule has 1 heterocycles. The number of hydrogen-bond donors (Lipinski definition) is 1. The van der Waals surface area contributed by atoms with Gasteiger partial charge in [0.15, 0.2) is 0 Å². The van der Waals surface area contributed by atoms with Crippen molar-refractivity contribution in [2.75, 3.05) is 31.7 Å². The average Bonchev–Trinajstić information content (AvgIpc) is 2.97. The van der Waals surface area contributed by atoms with Crippen molar-refractivity contribution in [1.82, 2.24) is 0 Å². The highest BCUT2D eigenvalue weighted by molar-refractivity contribution is 6.30. The summed E-state index contributed by atoms with van der Waals surface area (Å²) in [6, 6.07) is 4.59. The fraction of sp³-hybridized carbons (Fsp3) is 0.571. The van der Waals surface area contributed by atoms with Crippen LogP contribution in [-0.4, -0.2) is 37.4 Å². The van der Waals surface area contributed by atoms with Crippen LogP contribution in [-0.2, 0) is 9.47 Å². The Morgan fingerprint density at radius 3 is 3.10 bits per heavy atom. The third kappa shape index (κ3) is 5.15. The number of hydrogen-bond acceptors (Lipinski definition) is 5. The van der Waals surface area contributed by atoms with E-state index in [4.69, 9.17) is 21.1 Å². The Bertz CT molecular complexity index is 478. The summed E-state index contributed by atoms with van der Waals surface area (Å²) >= 11 is 5.76. The quantitative estimate of drug-likeness (QED) is 0.453. The Labute approximate surface area is 128 Å². The summed E-state index contributed by atoms with van der Waals surface area (Å²) in [5.41, 5.74) is 0.464. The Hall–Kier alpha value is -1.37. The number of rotatable bonds is 8. The van der Waals surface area contributed by atoms with E-state index in [2.05, 4.69) is 5.32 Å². The maximum Gasteiger partial charge on any atom is 0.293 e. The third-order valence-electron chi connectivity index (χ3n) is 3.27. The predicted octanol–water partition coefficient (Wildman–Crippen LogP) is 3.25. The molecule has 6 nitrogen and oxygen atoms in total. The number of benzene rings is 1. The van der Waals surface area contributed by atoms with Crippen molar-refractivity contribution >= 4 is 23.0 Å². The molecule has 116 valence electrons. The molecule has 0 amide bonds. The number of anilines is 1. The van der Waals surface area contributed by atoms with Gasteiger partial charge >= 0.3 is 0 Å². The number of nitrogens with zero attached hydrogens (tertiary/aromatic N) is 1. The molecular formula is C14H19ClN2O4. The van der Waals surface area contributed by atoms with Crippen molar-refractivity contribution in [2.45, 2.75) is 25.4 Å². The molecule has 2 rings (SSSR count). The molecule has 1 fully saturated rings. The first kappa shape index (κ1) is 16.0. The van der Waals surface area contributed by atoms with Crippen molar-refractivity contribution in [2.24, 2.45) is 0 Å². The minimum Gasteiger partial charge on any atom is -0.379 e. The van der Waals surface area contributed by atoms with Crippen LogP contribution < -0.4 is 5.32 Å². The molecule has 21 heavy (non-hydrogen) atoms. The van der Waals surface area contributed by atoms with E-state index in [1.807, 2.05) is 0 Å². The van der Waals surface area contributed by atoms with Crippen LogP contribution in [0.4, 0.5) is 11.4 Å². The largest absolute Gasteiger partial charge is 0.379 e. The SMILES string of the molecule is O=[N+]([O-])c1cc(Cl)ccc1NCCCOCC1CCCO1. The van der Waals surface area contributed by atoms with Gasteiger partial charge in [-0.2, -0.15) is 0 Å². The van der Waals surface area contributed by atoms with Crippen molar-refractivity contribution in [1.29, 1.82) is 0 Å². The van der Waals surface area contributed by atoms with Gasteiger partial charge in [0, 0.05) is 30.8 Å². The lowest BCUT2D eigenvalue weighted by Gasteiger charge is -2.11. The normalized spacial score (nSPS) is 17.9. The van der Waals surface area contributed by atoms with Crippen LogP contribution in [0.5, 0.6) is 0 Å². The molecule has 0 bridgehead atoms. The number of ether oxygens (including phenoxy) is 2. The highest BCUT2D eigenvalue weighted by Gasteiger charge is 2.15. The van der Waals surface area contributed by atoms with E-state index in [9.17, 15) is 10.1 Å². The van der Waals surface area contributed by atoms with Gasteiger partial charge in [0.1, 0.15) is 5.69 Å². The third-order valence-corrected chi connectivity index (χ3v) is 3.50. The van der Waals surface area contributed by atoms with E-state index in [1.165, 1.54) is 6.07 Å². The molecule has 1 aromatic carbocycles. The van der Waals surface area contributed by atoms with Crippen LogP contribution in [0.2, 0.25) is 5.02 Å². The standard InChI is InChI=1S/C14H19ClN2O4/c15-11-4-5-13(14(9-11)17(18)19)16-6-2-7-20-10-12-3-1-8-21-12/h4-5,9,12,16H,1-3,6-8,10H2. The molecule has 1 N–H and O–H groups in total. The van der Waals surface area contributed by atoms with E-state index >= 15 is 0 Å². The predicted molar refractivity (Wildman–Crippen MR) is 81.0 cm³/mol. The Balaban J connectivity index is 1.67. The van der Waals surface area contributed by atoms with Crippen LogP contribution in [0.15, 0.2) is 18.2 Å². The Morgan fingerprint density at radius 1 is 1.52 bits per heavy atom. The average molecular weight is 315 g/mol. The zero-order valence-corrected chi connectivity index (χ0v) is 12.5. The van der Waals surface area contributed by atoms with E-state index in [0.29, 0.717) is 30.5 Å². The molecule has 0 radical (unpaired) electrons. The number of nitro benzene ring substituents is 1. The van der Waals surface area contributed by atoms with Gasteiger partial charge in [-0.15, -0.1) is 0 Å². The molecule has 0 aliphatic carbocycles. The summed E-state index contributed by atoms with van der Waals surface area (Å²) in [5, 5.41) is 14.3. The summed E-state index contributed by atoms with van der Waals surface area (Å²) < 4.78 is 11.0. The van der Waals surface area contributed by atoms with Gasteiger partial charge in [-0.05, 0) is 31.4 Å². The maximum absolute atomic E-state index is 10.9. The van der Waals surface area contributed by atoms with Gasteiger partial charge < -0.3 is 14.8 Å². The van der Waals surface area contributed by atoms with Crippen molar-refractivity contribution in [3.8, 4) is 0 Å². The molecule has 0 spiro atoms. The monoisotopic (exact) mass is 314 g/mol. The summed E-state index contributed by atoms with van der Waals surface area (Å²) in [7, 11) is 0. The number of halogens is 1. The van der Waals surface area contributed by atoms with Gasteiger partial charge in [-0.1, -0.05) is 11.6 Å².